The Morgan fingerprint density at radius 2 is 2.08 bits per heavy atom. The predicted octanol–water partition coefficient (Wildman–Crippen LogP) is 2.65. The molecule has 7 heteroatoms. The first-order chi connectivity index (χ1) is 12.3. The lowest BCUT2D eigenvalue weighted by molar-refractivity contribution is 0.888. The summed E-state index contributed by atoms with van der Waals surface area (Å²) in [4.78, 5) is 4.45. The van der Waals surface area contributed by atoms with E-state index < -0.39 is 0 Å². The Kier molecular flexibility index (Phi) is 3.96. The molecule has 7 nitrogen and oxygen atoms in total. The van der Waals surface area contributed by atoms with E-state index in [1.807, 2.05) is 42.5 Å². The predicted molar refractivity (Wildman–Crippen MR) is 98.0 cm³/mol. The molecule has 0 aliphatic rings. The van der Waals surface area contributed by atoms with Gasteiger partial charge in [-0.15, -0.1) is 0 Å². The van der Waals surface area contributed by atoms with E-state index in [2.05, 4.69) is 30.7 Å². The van der Waals surface area contributed by atoms with E-state index in [4.69, 9.17) is 5.73 Å². The summed E-state index contributed by atoms with van der Waals surface area (Å²) in [5.74, 6) is 0.480. The minimum absolute atomic E-state index is 0.480. The second-order valence-corrected chi connectivity index (χ2v) is 5.68. The first-order valence-corrected chi connectivity index (χ1v) is 8.00. The molecule has 0 unspecified atom stereocenters. The van der Waals surface area contributed by atoms with E-state index in [0.717, 1.165) is 46.5 Å². The number of aromatic amines is 1. The molecule has 3 aromatic heterocycles. The molecule has 0 saturated carbocycles. The molecule has 0 bridgehead atoms. The van der Waals surface area contributed by atoms with Crippen molar-refractivity contribution in [1.29, 1.82) is 0 Å². The molecule has 4 aromatic rings. The van der Waals surface area contributed by atoms with Crippen LogP contribution in [-0.4, -0.2) is 31.9 Å². The monoisotopic (exact) mass is 331 g/mol. The number of pyridine rings is 1. The van der Waals surface area contributed by atoms with Crippen LogP contribution in [0.1, 0.15) is 5.69 Å². The van der Waals surface area contributed by atoms with Gasteiger partial charge in [-0.05, 0) is 24.3 Å². The number of fused-ring (bicyclic) bond motifs is 1. The van der Waals surface area contributed by atoms with Crippen LogP contribution >= 0.6 is 0 Å². The molecule has 0 fully saturated rings. The van der Waals surface area contributed by atoms with Crippen molar-refractivity contribution in [2.45, 2.75) is 6.42 Å². The number of nitrogen functional groups attached to an aromatic ring is 1. The number of nitrogens with one attached hydrogen (secondary N) is 2. The second kappa shape index (κ2) is 6.56. The fraction of sp³-hybridized carbons (Fsp3) is 0.111. The normalized spacial score (nSPS) is 10.9. The van der Waals surface area contributed by atoms with Crippen molar-refractivity contribution < 1.29 is 0 Å². The van der Waals surface area contributed by atoms with Crippen molar-refractivity contribution in [3.05, 3.63) is 60.6 Å². The van der Waals surface area contributed by atoms with E-state index in [9.17, 15) is 0 Å². The molecule has 1 aromatic carbocycles. The Labute approximate surface area is 144 Å². The number of nitrogens with zero attached hydrogens (tertiary/aromatic N) is 4. The quantitative estimate of drug-likeness (QED) is 0.519. The van der Waals surface area contributed by atoms with E-state index in [1.54, 1.807) is 12.4 Å². The Bertz CT molecular complexity index is 981. The number of benzene rings is 1. The lowest BCUT2D eigenvalue weighted by Gasteiger charge is -2.11. The summed E-state index contributed by atoms with van der Waals surface area (Å²) in [6.45, 7) is 0.734. The Balaban J connectivity index is 1.60. The first-order valence-electron chi connectivity index (χ1n) is 8.00. The third kappa shape index (κ3) is 3.25. The third-order valence-corrected chi connectivity index (χ3v) is 3.95. The molecule has 0 saturated heterocycles. The maximum absolute atomic E-state index is 5.98. The molecule has 4 rings (SSSR count). The molecule has 0 spiro atoms. The van der Waals surface area contributed by atoms with Gasteiger partial charge in [-0.2, -0.15) is 15.3 Å². The van der Waals surface area contributed by atoms with Gasteiger partial charge in [-0.25, -0.2) is 4.98 Å². The van der Waals surface area contributed by atoms with Gasteiger partial charge in [-0.3, -0.25) is 5.10 Å². The average Bonchev–Trinajstić information content (AvgIpc) is 3.16. The van der Waals surface area contributed by atoms with Crippen molar-refractivity contribution in [1.82, 2.24) is 25.4 Å². The Morgan fingerprint density at radius 3 is 2.88 bits per heavy atom. The summed E-state index contributed by atoms with van der Waals surface area (Å²) in [5, 5.41) is 19.5. The molecule has 3 heterocycles. The van der Waals surface area contributed by atoms with E-state index in [0.29, 0.717) is 5.82 Å². The molecule has 0 amide bonds. The number of anilines is 2. The van der Waals surface area contributed by atoms with Gasteiger partial charge in [0.2, 0.25) is 0 Å². The Hall–Kier alpha value is -3.48. The summed E-state index contributed by atoms with van der Waals surface area (Å²) in [6.07, 6.45) is 4.25. The molecule has 0 aliphatic heterocycles. The fourth-order valence-corrected chi connectivity index (χ4v) is 2.77. The van der Waals surface area contributed by atoms with E-state index in [-0.39, 0.29) is 0 Å². The zero-order valence-corrected chi connectivity index (χ0v) is 13.5. The zero-order chi connectivity index (χ0) is 17.1. The van der Waals surface area contributed by atoms with Crippen molar-refractivity contribution in [2.24, 2.45) is 0 Å². The van der Waals surface area contributed by atoms with Crippen LogP contribution in [0.4, 0.5) is 11.5 Å². The molecular weight excluding hydrogens is 314 g/mol. The maximum atomic E-state index is 5.98. The van der Waals surface area contributed by atoms with Crippen molar-refractivity contribution in [2.75, 3.05) is 17.6 Å². The fourth-order valence-electron chi connectivity index (χ4n) is 2.77. The van der Waals surface area contributed by atoms with Gasteiger partial charge < -0.3 is 11.1 Å². The van der Waals surface area contributed by atoms with Gasteiger partial charge in [0.25, 0.3) is 0 Å². The summed E-state index contributed by atoms with van der Waals surface area (Å²) in [6, 6.07) is 13.7. The maximum Gasteiger partial charge on any atom is 0.126 e. The minimum atomic E-state index is 0.480. The van der Waals surface area contributed by atoms with Crippen LogP contribution < -0.4 is 11.1 Å². The standard InChI is InChI=1S/C18H17N7/c19-18-11-16(20-8-5-13-2-1-7-21-24-13)14-4-3-12(10-17(14)23-18)15-6-9-22-25-15/h1-4,6-7,9-11H,5,8H2,(H,22,25)(H3,19,20,23). The largest absolute Gasteiger partial charge is 0.384 e. The van der Waals surface area contributed by atoms with Gasteiger partial charge in [-0.1, -0.05) is 12.1 Å². The molecule has 25 heavy (non-hydrogen) atoms. The van der Waals surface area contributed by atoms with Gasteiger partial charge in [0.05, 0.1) is 16.9 Å². The molecule has 0 atom stereocenters. The summed E-state index contributed by atoms with van der Waals surface area (Å²) in [5.41, 5.74) is 10.6. The molecular formula is C18H17N7. The highest BCUT2D eigenvalue weighted by atomic mass is 15.1. The third-order valence-electron chi connectivity index (χ3n) is 3.95. The van der Waals surface area contributed by atoms with Crippen LogP contribution in [0.15, 0.2) is 54.9 Å². The minimum Gasteiger partial charge on any atom is -0.384 e. The molecule has 4 N–H and O–H groups in total. The smallest absolute Gasteiger partial charge is 0.126 e. The van der Waals surface area contributed by atoms with Crippen molar-refractivity contribution in [3.63, 3.8) is 0 Å². The van der Waals surface area contributed by atoms with Crippen LogP contribution in [0.3, 0.4) is 0 Å². The number of hydrogen-bond donors (Lipinski definition) is 3. The summed E-state index contributed by atoms with van der Waals surface area (Å²) >= 11 is 0. The number of rotatable bonds is 5. The van der Waals surface area contributed by atoms with E-state index >= 15 is 0 Å². The van der Waals surface area contributed by atoms with Gasteiger partial charge in [0.1, 0.15) is 5.82 Å². The number of nitrogens with two attached hydrogens (primary N) is 1. The van der Waals surface area contributed by atoms with Crippen LogP contribution in [0.5, 0.6) is 0 Å². The molecule has 124 valence electrons. The lowest BCUT2D eigenvalue weighted by Crippen LogP contribution is -2.07. The highest BCUT2D eigenvalue weighted by Crippen LogP contribution is 2.28. The average molecular weight is 331 g/mol. The molecule has 0 aliphatic carbocycles. The number of aromatic nitrogens is 5. The number of H-pyrrole nitrogens is 1. The van der Waals surface area contributed by atoms with Crippen LogP contribution in [0.25, 0.3) is 22.2 Å². The Morgan fingerprint density at radius 1 is 1.12 bits per heavy atom. The zero-order valence-electron chi connectivity index (χ0n) is 13.5. The van der Waals surface area contributed by atoms with Crippen molar-refractivity contribution >= 4 is 22.4 Å². The SMILES string of the molecule is Nc1cc(NCCc2cccnn2)c2ccc(-c3cc[nH]n3)cc2n1. The van der Waals surface area contributed by atoms with Gasteiger partial charge in [0, 0.05) is 48.1 Å². The lowest BCUT2D eigenvalue weighted by atomic mass is 10.1. The second-order valence-electron chi connectivity index (χ2n) is 5.68. The van der Waals surface area contributed by atoms with Gasteiger partial charge in [0.15, 0.2) is 0 Å². The van der Waals surface area contributed by atoms with Crippen molar-refractivity contribution in [3.8, 4) is 11.3 Å². The van der Waals surface area contributed by atoms with Crippen LogP contribution in [0, 0.1) is 0 Å². The molecule has 0 radical (unpaired) electrons. The van der Waals surface area contributed by atoms with E-state index in [1.165, 1.54) is 0 Å². The topological polar surface area (TPSA) is 105 Å². The van der Waals surface area contributed by atoms with Crippen LogP contribution in [-0.2, 0) is 6.42 Å². The summed E-state index contributed by atoms with van der Waals surface area (Å²) in [7, 11) is 0. The summed E-state index contributed by atoms with van der Waals surface area (Å²) < 4.78 is 0. The number of hydrogen-bond acceptors (Lipinski definition) is 6. The van der Waals surface area contributed by atoms with Gasteiger partial charge >= 0.3 is 0 Å². The van der Waals surface area contributed by atoms with Crippen LogP contribution in [0.2, 0.25) is 0 Å². The highest BCUT2D eigenvalue weighted by Gasteiger charge is 2.08. The highest BCUT2D eigenvalue weighted by molar-refractivity contribution is 5.95. The first kappa shape index (κ1) is 15.1.